The van der Waals surface area contributed by atoms with Gasteiger partial charge in [0.15, 0.2) is 9.84 Å². The van der Waals surface area contributed by atoms with Crippen LogP contribution in [-0.2, 0) is 19.4 Å². The van der Waals surface area contributed by atoms with Crippen LogP contribution in [0.25, 0.3) is 0 Å². The molecule has 1 unspecified atom stereocenters. The highest BCUT2D eigenvalue weighted by molar-refractivity contribution is 7.91. The maximum absolute atomic E-state index is 12.1. The number of nitrogens with zero attached hydrogens (tertiary/aromatic N) is 1. The largest absolute Gasteiger partial charge is 0.469 e. The minimum absolute atomic E-state index is 0.393. The lowest BCUT2D eigenvalue weighted by Gasteiger charge is -2.10. The highest BCUT2D eigenvalue weighted by Crippen LogP contribution is 2.25. The van der Waals surface area contributed by atoms with Crippen molar-refractivity contribution >= 4 is 21.5 Å². The van der Waals surface area contributed by atoms with Crippen molar-refractivity contribution in [3.05, 3.63) is 34.4 Å². The van der Waals surface area contributed by atoms with Crippen LogP contribution in [0.5, 0.6) is 0 Å². The summed E-state index contributed by atoms with van der Waals surface area (Å²) < 4.78 is 28.6. The van der Waals surface area contributed by atoms with Gasteiger partial charge in [-0.25, -0.2) is 8.42 Å². The predicted molar refractivity (Wildman–Crippen MR) is 66.3 cm³/mol. The SMILES string of the molecule is COC(=O)C(C)CS(=O)(=O)c1ccccc1[N+](=O)[O-]. The fourth-order valence-electron chi connectivity index (χ4n) is 1.56. The van der Waals surface area contributed by atoms with Gasteiger partial charge in [-0.15, -0.1) is 0 Å². The number of rotatable bonds is 5. The second-order valence-electron chi connectivity index (χ2n) is 3.93. The number of hydrogen-bond donors (Lipinski definition) is 0. The molecule has 7 nitrogen and oxygen atoms in total. The van der Waals surface area contributed by atoms with Crippen LogP contribution in [0.3, 0.4) is 0 Å². The molecule has 8 heteroatoms. The molecule has 0 aromatic heterocycles. The van der Waals surface area contributed by atoms with E-state index in [4.69, 9.17) is 0 Å². The number of ether oxygens (including phenoxy) is 1. The first kappa shape index (κ1) is 15.1. The Morgan fingerprint density at radius 2 is 2.00 bits per heavy atom. The van der Waals surface area contributed by atoms with Gasteiger partial charge in [0.25, 0.3) is 5.69 Å². The van der Waals surface area contributed by atoms with Crippen LogP contribution in [-0.4, -0.2) is 32.2 Å². The number of benzene rings is 1. The van der Waals surface area contributed by atoms with Gasteiger partial charge in [-0.3, -0.25) is 14.9 Å². The molecule has 0 fully saturated rings. The summed E-state index contributed by atoms with van der Waals surface area (Å²) in [7, 11) is -2.78. The van der Waals surface area contributed by atoms with Crippen molar-refractivity contribution in [2.24, 2.45) is 5.92 Å². The van der Waals surface area contributed by atoms with E-state index < -0.39 is 43.0 Å². The molecule has 0 aliphatic rings. The number of nitro benzene ring substituents is 1. The average molecular weight is 287 g/mol. The maximum atomic E-state index is 12.1. The molecule has 0 saturated heterocycles. The molecule has 0 amide bonds. The zero-order chi connectivity index (χ0) is 14.6. The van der Waals surface area contributed by atoms with Crippen LogP contribution < -0.4 is 0 Å². The van der Waals surface area contributed by atoms with Crippen LogP contribution in [0.1, 0.15) is 6.92 Å². The van der Waals surface area contributed by atoms with Gasteiger partial charge in [-0.1, -0.05) is 19.1 Å². The fourth-order valence-corrected chi connectivity index (χ4v) is 3.28. The van der Waals surface area contributed by atoms with E-state index in [1.165, 1.54) is 19.1 Å². The number of carbonyl (C=O) groups excluding carboxylic acids is 1. The molecule has 1 rings (SSSR count). The monoisotopic (exact) mass is 287 g/mol. The van der Waals surface area contributed by atoms with Gasteiger partial charge in [0, 0.05) is 6.07 Å². The number of esters is 1. The Labute approximate surface area is 110 Å². The Bertz CT molecular complexity index is 595. The zero-order valence-electron chi connectivity index (χ0n) is 10.4. The smallest absolute Gasteiger partial charge is 0.309 e. The first-order chi connectivity index (χ1) is 8.79. The predicted octanol–water partition coefficient (Wildman–Crippen LogP) is 1.18. The van der Waals surface area contributed by atoms with Crippen molar-refractivity contribution in [1.29, 1.82) is 0 Å². The van der Waals surface area contributed by atoms with Gasteiger partial charge in [-0.05, 0) is 6.07 Å². The van der Waals surface area contributed by atoms with Gasteiger partial charge >= 0.3 is 5.97 Å². The number of methoxy groups -OCH3 is 1. The molecule has 1 atom stereocenters. The lowest BCUT2D eigenvalue weighted by molar-refractivity contribution is -0.387. The van der Waals surface area contributed by atoms with Gasteiger partial charge in [0.2, 0.25) is 0 Å². The van der Waals surface area contributed by atoms with E-state index in [1.807, 2.05) is 0 Å². The fraction of sp³-hybridized carbons (Fsp3) is 0.364. The molecule has 1 aromatic rings. The van der Waals surface area contributed by atoms with Gasteiger partial charge < -0.3 is 4.74 Å². The lowest BCUT2D eigenvalue weighted by atomic mass is 10.2. The second-order valence-corrected chi connectivity index (χ2v) is 5.93. The van der Waals surface area contributed by atoms with E-state index in [0.29, 0.717) is 0 Å². The first-order valence-electron chi connectivity index (χ1n) is 5.33. The Hall–Kier alpha value is -1.96. The van der Waals surface area contributed by atoms with Crippen LogP contribution >= 0.6 is 0 Å². The van der Waals surface area contributed by atoms with Crippen molar-refractivity contribution in [2.75, 3.05) is 12.9 Å². The van der Waals surface area contributed by atoms with E-state index in [0.717, 1.165) is 19.2 Å². The summed E-state index contributed by atoms with van der Waals surface area (Å²) in [6.45, 7) is 1.39. The van der Waals surface area contributed by atoms with Crippen molar-refractivity contribution in [3.8, 4) is 0 Å². The van der Waals surface area contributed by atoms with E-state index in [2.05, 4.69) is 4.74 Å². The Morgan fingerprint density at radius 1 is 1.42 bits per heavy atom. The van der Waals surface area contributed by atoms with E-state index >= 15 is 0 Å². The summed E-state index contributed by atoms with van der Waals surface area (Å²) in [4.78, 5) is 20.9. The van der Waals surface area contributed by atoms with Gasteiger partial charge in [-0.2, -0.15) is 0 Å². The molecule has 19 heavy (non-hydrogen) atoms. The number of hydrogen-bond acceptors (Lipinski definition) is 6. The maximum Gasteiger partial charge on any atom is 0.309 e. The number of sulfone groups is 1. The minimum atomic E-state index is -3.93. The number of carbonyl (C=O) groups is 1. The summed E-state index contributed by atoms with van der Waals surface area (Å²) in [6, 6.07) is 5.02. The third kappa shape index (κ3) is 3.50. The molecular weight excluding hydrogens is 274 g/mol. The molecule has 0 aliphatic carbocycles. The van der Waals surface area contributed by atoms with E-state index in [-0.39, 0.29) is 0 Å². The quantitative estimate of drug-likeness (QED) is 0.457. The Morgan fingerprint density at radius 3 is 2.53 bits per heavy atom. The molecule has 1 aromatic carbocycles. The molecule has 0 radical (unpaired) electrons. The summed E-state index contributed by atoms with van der Waals surface area (Å²) in [5, 5.41) is 10.8. The normalized spacial score (nSPS) is 12.7. The number of nitro groups is 1. The molecule has 104 valence electrons. The summed E-state index contributed by atoms with van der Waals surface area (Å²) in [6.07, 6.45) is 0. The highest BCUT2D eigenvalue weighted by Gasteiger charge is 2.29. The molecule has 0 aliphatic heterocycles. The third-order valence-electron chi connectivity index (χ3n) is 2.47. The highest BCUT2D eigenvalue weighted by atomic mass is 32.2. The van der Waals surface area contributed by atoms with E-state index in [9.17, 15) is 23.3 Å². The van der Waals surface area contributed by atoms with Gasteiger partial charge in [0.1, 0.15) is 4.90 Å². The van der Waals surface area contributed by atoms with Crippen LogP contribution in [0, 0.1) is 16.0 Å². The Kier molecular flexibility index (Phi) is 4.60. The molecule has 0 bridgehead atoms. The molecule has 0 saturated carbocycles. The topological polar surface area (TPSA) is 104 Å². The molecule has 0 N–H and O–H groups in total. The summed E-state index contributed by atoms with van der Waals surface area (Å²) >= 11 is 0. The first-order valence-corrected chi connectivity index (χ1v) is 6.99. The van der Waals surface area contributed by atoms with Crippen molar-refractivity contribution in [3.63, 3.8) is 0 Å². The molecular formula is C11H13NO6S. The second kappa shape index (κ2) is 5.79. The van der Waals surface area contributed by atoms with Crippen molar-refractivity contribution in [2.45, 2.75) is 11.8 Å². The minimum Gasteiger partial charge on any atom is -0.469 e. The summed E-state index contributed by atoms with van der Waals surface area (Å²) in [5.74, 6) is -2.11. The van der Waals surface area contributed by atoms with Gasteiger partial charge in [0.05, 0.1) is 23.7 Å². The van der Waals surface area contributed by atoms with Crippen molar-refractivity contribution in [1.82, 2.24) is 0 Å². The van der Waals surface area contributed by atoms with Crippen LogP contribution in [0.15, 0.2) is 29.2 Å². The molecule has 0 spiro atoms. The standard InChI is InChI=1S/C11H13NO6S/c1-8(11(13)18-2)7-19(16,17)10-6-4-3-5-9(10)12(14)15/h3-6,8H,7H2,1-2H3. The third-order valence-corrected chi connectivity index (χ3v) is 4.42. The van der Waals surface area contributed by atoms with Crippen LogP contribution in [0.4, 0.5) is 5.69 Å². The number of para-hydroxylation sites is 1. The van der Waals surface area contributed by atoms with Crippen molar-refractivity contribution < 1.29 is 22.9 Å². The van der Waals surface area contributed by atoms with Crippen LogP contribution in [0.2, 0.25) is 0 Å². The Balaban J connectivity index is 3.15. The lowest BCUT2D eigenvalue weighted by Crippen LogP contribution is -2.23. The molecule has 0 heterocycles. The average Bonchev–Trinajstić information content (AvgIpc) is 2.37. The zero-order valence-corrected chi connectivity index (χ0v) is 11.2. The summed E-state index contributed by atoms with van der Waals surface area (Å²) in [5.41, 5.74) is -0.500. The van der Waals surface area contributed by atoms with E-state index in [1.54, 1.807) is 0 Å².